The zero-order chi connectivity index (χ0) is 16.3. The van der Waals surface area contributed by atoms with Crippen LogP contribution in [0.5, 0.6) is 0 Å². The van der Waals surface area contributed by atoms with E-state index in [1.165, 1.54) is 43.5 Å². The van der Waals surface area contributed by atoms with Crippen molar-refractivity contribution in [1.29, 1.82) is 0 Å². The average Bonchev–Trinajstić information content (AvgIpc) is 3.15. The number of benzene rings is 1. The van der Waals surface area contributed by atoms with Gasteiger partial charge in [-0.3, -0.25) is 9.69 Å². The summed E-state index contributed by atoms with van der Waals surface area (Å²) < 4.78 is 0. The third-order valence-electron chi connectivity index (χ3n) is 7.13. The van der Waals surface area contributed by atoms with Gasteiger partial charge in [0.15, 0.2) is 0 Å². The van der Waals surface area contributed by atoms with Gasteiger partial charge in [-0.05, 0) is 61.6 Å². The SMILES string of the molecule is Cc1ccccc1[C@@H]1C[C@@H]1C(=O)N1C[C@@H]2CN3CCCC[C@@H]3[C@H]2C1. The molecule has 3 aliphatic heterocycles. The van der Waals surface area contributed by atoms with Crippen molar-refractivity contribution in [2.45, 2.75) is 44.6 Å². The van der Waals surface area contributed by atoms with Gasteiger partial charge < -0.3 is 4.90 Å². The molecule has 1 saturated carbocycles. The molecule has 1 aliphatic carbocycles. The molecule has 3 saturated heterocycles. The second kappa shape index (κ2) is 5.59. The predicted molar refractivity (Wildman–Crippen MR) is 94.8 cm³/mol. The van der Waals surface area contributed by atoms with Crippen LogP contribution in [-0.2, 0) is 4.79 Å². The lowest BCUT2D eigenvalue weighted by Gasteiger charge is -2.33. The van der Waals surface area contributed by atoms with Gasteiger partial charge in [0.1, 0.15) is 0 Å². The zero-order valence-electron chi connectivity index (χ0n) is 14.7. The van der Waals surface area contributed by atoms with E-state index in [9.17, 15) is 4.79 Å². The molecule has 4 fully saturated rings. The summed E-state index contributed by atoms with van der Waals surface area (Å²) in [6, 6.07) is 9.36. The molecule has 24 heavy (non-hydrogen) atoms. The van der Waals surface area contributed by atoms with E-state index in [2.05, 4.69) is 41.0 Å². The van der Waals surface area contributed by atoms with Gasteiger partial charge in [-0.15, -0.1) is 0 Å². The lowest BCUT2D eigenvalue weighted by molar-refractivity contribution is -0.132. The third kappa shape index (κ3) is 2.32. The first-order chi connectivity index (χ1) is 11.7. The van der Waals surface area contributed by atoms with Crippen molar-refractivity contribution in [1.82, 2.24) is 9.80 Å². The van der Waals surface area contributed by atoms with Crippen LogP contribution in [0.3, 0.4) is 0 Å². The Balaban J connectivity index is 1.25. The molecule has 1 amide bonds. The molecular formula is C21H28N2O. The summed E-state index contributed by atoms with van der Waals surface area (Å²) in [4.78, 5) is 17.9. The van der Waals surface area contributed by atoms with Gasteiger partial charge >= 0.3 is 0 Å². The lowest BCUT2D eigenvalue weighted by atomic mass is 9.90. The van der Waals surface area contributed by atoms with E-state index in [4.69, 9.17) is 0 Å². The summed E-state index contributed by atoms with van der Waals surface area (Å²) in [7, 11) is 0. The Bertz CT molecular complexity index is 657. The second-order valence-corrected chi connectivity index (χ2v) is 8.53. The molecule has 0 bridgehead atoms. The molecule has 5 atom stereocenters. The van der Waals surface area contributed by atoms with E-state index in [-0.39, 0.29) is 5.92 Å². The molecular weight excluding hydrogens is 296 g/mol. The van der Waals surface area contributed by atoms with E-state index in [1.54, 1.807) is 0 Å². The maximum absolute atomic E-state index is 13.0. The number of rotatable bonds is 2. The quantitative estimate of drug-likeness (QED) is 0.835. The van der Waals surface area contributed by atoms with Crippen LogP contribution in [0.25, 0.3) is 0 Å². The molecule has 3 heteroatoms. The zero-order valence-corrected chi connectivity index (χ0v) is 14.7. The number of piperidine rings is 1. The monoisotopic (exact) mass is 324 g/mol. The third-order valence-corrected chi connectivity index (χ3v) is 7.13. The van der Waals surface area contributed by atoms with Crippen LogP contribution >= 0.6 is 0 Å². The van der Waals surface area contributed by atoms with Gasteiger partial charge in [0.05, 0.1) is 0 Å². The minimum absolute atomic E-state index is 0.257. The maximum atomic E-state index is 13.0. The minimum Gasteiger partial charge on any atom is -0.342 e. The second-order valence-electron chi connectivity index (χ2n) is 8.53. The number of amides is 1. The number of aryl methyl sites for hydroxylation is 1. The van der Waals surface area contributed by atoms with Crippen molar-refractivity contribution in [3.05, 3.63) is 35.4 Å². The fourth-order valence-electron chi connectivity index (χ4n) is 5.78. The van der Waals surface area contributed by atoms with Crippen LogP contribution in [-0.4, -0.2) is 47.9 Å². The first kappa shape index (κ1) is 14.9. The summed E-state index contributed by atoms with van der Waals surface area (Å²) in [6.45, 7) is 6.76. The molecule has 5 rings (SSSR count). The molecule has 0 unspecified atom stereocenters. The summed E-state index contributed by atoms with van der Waals surface area (Å²) in [5, 5.41) is 0. The normalized spacial score (nSPS) is 38.0. The van der Waals surface area contributed by atoms with Gasteiger partial charge in [-0.1, -0.05) is 30.7 Å². The lowest BCUT2D eigenvalue weighted by Crippen LogP contribution is -2.41. The summed E-state index contributed by atoms with van der Waals surface area (Å²) >= 11 is 0. The standard InChI is InChI=1S/C21H28N2O/c1-14-6-2-3-7-16(14)17-10-18(17)21(24)23-12-15-11-22-9-5-4-8-20(22)19(15)13-23/h2-3,6-7,15,17-20H,4-5,8-13H2,1H3/t15-,17-,18-,19-,20+/m0/s1. The van der Waals surface area contributed by atoms with E-state index >= 15 is 0 Å². The van der Waals surface area contributed by atoms with Gasteiger partial charge in [0.25, 0.3) is 0 Å². The van der Waals surface area contributed by atoms with E-state index in [0.29, 0.717) is 11.8 Å². The van der Waals surface area contributed by atoms with E-state index < -0.39 is 0 Å². The van der Waals surface area contributed by atoms with Crippen molar-refractivity contribution in [2.75, 3.05) is 26.2 Å². The van der Waals surface area contributed by atoms with Crippen molar-refractivity contribution in [2.24, 2.45) is 17.8 Å². The highest BCUT2D eigenvalue weighted by Gasteiger charge is 2.52. The van der Waals surface area contributed by atoms with Crippen molar-refractivity contribution >= 4 is 5.91 Å². The smallest absolute Gasteiger partial charge is 0.226 e. The largest absolute Gasteiger partial charge is 0.342 e. The number of hydrogen-bond donors (Lipinski definition) is 0. The van der Waals surface area contributed by atoms with Crippen LogP contribution in [0.4, 0.5) is 0 Å². The van der Waals surface area contributed by atoms with Gasteiger partial charge in [-0.2, -0.15) is 0 Å². The Hall–Kier alpha value is -1.35. The number of hydrogen-bond acceptors (Lipinski definition) is 2. The highest BCUT2D eigenvalue weighted by molar-refractivity contribution is 5.83. The topological polar surface area (TPSA) is 23.6 Å². The summed E-state index contributed by atoms with van der Waals surface area (Å²) in [6.07, 6.45) is 5.18. The number of carbonyl (C=O) groups is 1. The molecule has 4 aliphatic rings. The predicted octanol–water partition coefficient (Wildman–Crippen LogP) is 3.04. The van der Waals surface area contributed by atoms with E-state index in [0.717, 1.165) is 37.4 Å². The molecule has 3 heterocycles. The number of fused-ring (bicyclic) bond motifs is 3. The molecule has 0 aromatic heterocycles. The molecule has 0 N–H and O–H groups in total. The van der Waals surface area contributed by atoms with Gasteiger partial charge in [0, 0.05) is 31.6 Å². The summed E-state index contributed by atoms with van der Waals surface area (Å²) in [5.41, 5.74) is 2.74. The highest BCUT2D eigenvalue weighted by atomic mass is 16.2. The van der Waals surface area contributed by atoms with E-state index in [1.807, 2.05) is 0 Å². The average molecular weight is 324 g/mol. The van der Waals surface area contributed by atoms with Crippen LogP contribution < -0.4 is 0 Å². The van der Waals surface area contributed by atoms with Crippen molar-refractivity contribution in [3.8, 4) is 0 Å². The Morgan fingerprint density at radius 1 is 1.12 bits per heavy atom. The molecule has 3 nitrogen and oxygen atoms in total. The maximum Gasteiger partial charge on any atom is 0.226 e. The van der Waals surface area contributed by atoms with Crippen molar-refractivity contribution in [3.63, 3.8) is 0 Å². The van der Waals surface area contributed by atoms with Gasteiger partial charge in [0.2, 0.25) is 5.91 Å². The van der Waals surface area contributed by atoms with Crippen LogP contribution in [0, 0.1) is 24.7 Å². The van der Waals surface area contributed by atoms with Gasteiger partial charge in [-0.25, -0.2) is 0 Å². The number of likely N-dealkylation sites (tertiary alicyclic amines) is 1. The number of nitrogens with zero attached hydrogens (tertiary/aromatic N) is 2. The Labute approximate surface area is 145 Å². The van der Waals surface area contributed by atoms with Crippen molar-refractivity contribution < 1.29 is 4.79 Å². The van der Waals surface area contributed by atoms with Crippen LogP contribution in [0.2, 0.25) is 0 Å². The van der Waals surface area contributed by atoms with Crippen LogP contribution in [0.1, 0.15) is 42.7 Å². The first-order valence-corrected chi connectivity index (χ1v) is 9.81. The molecule has 1 aromatic rings. The van der Waals surface area contributed by atoms with Crippen LogP contribution in [0.15, 0.2) is 24.3 Å². The molecule has 128 valence electrons. The Morgan fingerprint density at radius 2 is 2.00 bits per heavy atom. The number of carbonyl (C=O) groups excluding carboxylic acids is 1. The molecule has 1 aromatic carbocycles. The first-order valence-electron chi connectivity index (χ1n) is 9.81. The fraction of sp³-hybridized carbons (Fsp3) is 0.667. The minimum atomic E-state index is 0.257. The summed E-state index contributed by atoms with van der Waals surface area (Å²) in [5.74, 6) is 2.68. The Kier molecular flexibility index (Phi) is 3.48. The highest BCUT2D eigenvalue weighted by Crippen LogP contribution is 2.50. The fourth-order valence-corrected chi connectivity index (χ4v) is 5.78. The molecule has 0 spiro atoms. The molecule has 0 radical (unpaired) electrons. The Morgan fingerprint density at radius 3 is 2.88 bits per heavy atom.